The van der Waals surface area contributed by atoms with Crippen LogP contribution in [0.1, 0.15) is 11.4 Å². The molecule has 0 unspecified atom stereocenters. The van der Waals surface area contributed by atoms with Crippen LogP contribution in [0.2, 0.25) is 0 Å². The lowest BCUT2D eigenvalue weighted by atomic mass is 10.3. The van der Waals surface area contributed by atoms with E-state index in [0.29, 0.717) is 12.4 Å². The van der Waals surface area contributed by atoms with Gasteiger partial charge in [-0.25, -0.2) is 9.97 Å². The van der Waals surface area contributed by atoms with Crippen LogP contribution in [0.4, 0.5) is 13.2 Å². The molecule has 0 spiro atoms. The summed E-state index contributed by atoms with van der Waals surface area (Å²) < 4.78 is 39.6. The third-order valence-electron chi connectivity index (χ3n) is 1.73. The number of hydrogen-bond acceptors (Lipinski definition) is 4. The first-order chi connectivity index (χ1) is 7.51. The van der Waals surface area contributed by atoms with E-state index in [-0.39, 0.29) is 13.0 Å². The number of aromatic nitrogens is 2. The molecule has 0 aromatic carbocycles. The van der Waals surface area contributed by atoms with Gasteiger partial charge in [0.15, 0.2) is 0 Å². The van der Waals surface area contributed by atoms with Gasteiger partial charge in [-0.2, -0.15) is 13.2 Å². The van der Waals surface area contributed by atoms with Crippen molar-refractivity contribution in [2.75, 3.05) is 13.2 Å². The van der Waals surface area contributed by atoms with Gasteiger partial charge in [0, 0.05) is 30.9 Å². The molecule has 7 heteroatoms. The summed E-state index contributed by atoms with van der Waals surface area (Å²) in [4.78, 5) is 7.86. The lowest BCUT2D eigenvalue weighted by Gasteiger charge is -2.06. The zero-order valence-corrected chi connectivity index (χ0v) is 8.50. The minimum absolute atomic E-state index is 0.0541. The average molecular weight is 235 g/mol. The smallest absolute Gasteiger partial charge is 0.372 e. The number of alkyl halides is 3. The maximum absolute atomic E-state index is 11.7. The van der Waals surface area contributed by atoms with Crippen molar-refractivity contribution in [3.05, 3.63) is 23.8 Å². The lowest BCUT2D eigenvalue weighted by Crippen LogP contribution is -2.18. The molecule has 4 nitrogen and oxygen atoms in total. The Morgan fingerprint density at radius 2 is 1.88 bits per heavy atom. The molecule has 1 heterocycles. The van der Waals surface area contributed by atoms with E-state index in [1.54, 1.807) is 12.4 Å². The fourth-order valence-corrected chi connectivity index (χ4v) is 0.967. The molecule has 0 saturated carbocycles. The summed E-state index contributed by atoms with van der Waals surface area (Å²) in [5, 5.41) is 0. The summed E-state index contributed by atoms with van der Waals surface area (Å²) >= 11 is 0. The van der Waals surface area contributed by atoms with Crippen molar-refractivity contribution in [3.63, 3.8) is 0 Å². The van der Waals surface area contributed by atoms with Gasteiger partial charge in [-0.3, -0.25) is 0 Å². The van der Waals surface area contributed by atoms with Gasteiger partial charge in [0.05, 0.1) is 6.61 Å². The third kappa shape index (κ3) is 5.04. The zero-order chi connectivity index (χ0) is 12.0. The van der Waals surface area contributed by atoms with Crippen LogP contribution in [-0.2, 0) is 17.7 Å². The van der Waals surface area contributed by atoms with Gasteiger partial charge in [-0.05, 0) is 0 Å². The van der Waals surface area contributed by atoms with Gasteiger partial charge < -0.3 is 10.5 Å². The summed E-state index contributed by atoms with van der Waals surface area (Å²) in [5.41, 5.74) is 6.12. The molecular formula is C9H12F3N3O. The quantitative estimate of drug-likeness (QED) is 0.775. The van der Waals surface area contributed by atoms with Crippen LogP contribution in [0.5, 0.6) is 0 Å². The average Bonchev–Trinajstić information content (AvgIpc) is 2.24. The molecule has 16 heavy (non-hydrogen) atoms. The highest BCUT2D eigenvalue weighted by atomic mass is 19.4. The standard InChI is InChI=1S/C9H12F3N3O/c10-9(11,12)6-16-2-1-8-14-4-7(3-13)5-15-8/h4-5H,1-3,6,13H2. The number of halogens is 3. The Kier molecular flexibility index (Phi) is 4.63. The van der Waals surface area contributed by atoms with Crippen molar-refractivity contribution in [3.8, 4) is 0 Å². The minimum Gasteiger partial charge on any atom is -0.372 e. The van der Waals surface area contributed by atoms with Gasteiger partial charge in [0.2, 0.25) is 0 Å². The fourth-order valence-electron chi connectivity index (χ4n) is 0.967. The van der Waals surface area contributed by atoms with Crippen molar-refractivity contribution in [1.29, 1.82) is 0 Å². The van der Waals surface area contributed by atoms with Crippen LogP contribution in [0.15, 0.2) is 12.4 Å². The predicted molar refractivity (Wildman–Crippen MR) is 50.5 cm³/mol. The van der Waals surface area contributed by atoms with Crippen LogP contribution in [0, 0.1) is 0 Å². The molecule has 0 fully saturated rings. The number of nitrogens with two attached hydrogens (primary N) is 1. The maximum atomic E-state index is 11.7. The summed E-state index contributed by atoms with van der Waals surface area (Å²) in [6.07, 6.45) is -0.941. The van der Waals surface area contributed by atoms with Crippen molar-refractivity contribution in [2.45, 2.75) is 19.1 Å². The highest BCUT2D eigenvalue weighted by molar-refractivity contribution is 5.04. The first-order valence-corrected chi connectivity index (χ1v) is 4.65. The first kappa shape index (κ1) is 12.9. The molecule has 0 radical (unpaired) electrons. The van der Waals surface area contributed by atoms with Crippen molar-refractivity contribution < 1.29 is 17.9 Å². The van der Waals surface area contributed by atoms with Gasteiger partial charge in [-0.1, -0.05) is 0 Å². The molecule has 0 aliphatic heterocycles. The van der Waals surface area contributed by atoms with Crippen molar-refractivity contribution >= 4 is 0 Å². The fraction of sp³-hybridized carbons (Fsp3) is 0.556. The Balaban J connectivity index is 2.27. The first-order valence-electron chi connectivity index (χ1n) is 4.65. The zero-order valence-electron chi connectivity index (χ0n) is 8.50. The van der Waals surface area contributed by atoms with E-state index in [9.17, 15) is 13.2 Å². The van der Waals surface area contributed by atoms with E-state index in [0.717, 1.165) is 5.56 Å². The maximum Gasteiger partial charge on any atom is 0.411 e. The van der Waals surface area contributed by atoms with Crippen LogP contribution >= 0.6 is 0 Å². The SMILES string of the molecule is NCc1cnc(CCOCC(F)(F)F)nc1. The molecule has 90 valence electrons. The van der Waals surface area contributed by atoms with E-state index in [1.165, 1.54) is 0 Å². The summed E-state index contributed by atoms with van der Waals surface area (Å²) in [6, 6.07) is 0. The van der Waals surface area contributed by atoms with E-state index in [4.69, 9.17) is 5.73 Å². The number of rotatable bonds is 5. The van der Waals surface area contributed by atoms with Crippen LogP contribution in [0.25, 0.3) is 0 Å². The van der Waals surface area contributed by atoms with Gasteiger partial charge in [-0.15, -0.1) is 0 Å². The highest BCUT2D eigenvalue weighted by Gasteiger charge is 2.27. The molecule has 0 saturated heterocycles. The number of hydrogen-bond donors (Lipinski definition) is 1. The van der Waals surface area contributed by atoms with Gasteiger partial charge in [0.25, 0.3) is 0 Å². The second kappa shape index (κ2) is 5.76. The highest BCUT2D eigenvalue weighted by Crippen LogP contribution is 2.14. The second-order valence-electron chi connectivity index (χ2n) is 3.13. The molecule has 2 N–H and O–H groups in total. The van der Waals surface area contributed by atoms with Crippen LogP contribution in [-0.4, -0.2) is 29.4 Å². The van der Waals surface area contributed by atoms with Crippen molar-refractivity contribution in [1.82, 2.24) is 9.97 Å². The number of ether oxygens (including phenoxy) is 1. The normalized spacial score (nSPS) is 11.8. The largest absolute Gasteiger partial charge is 0.411 e. The lowest BCUT2D eigenvalue weighted by molar-refractivity contribution is -0.173. The molecule has 0 bridgehead atoms. The molecular weight excluding hydrogens is 223 g/mol. The summed E-state index contributed by atoms with van der Waals surface area (Å²) in [7, 11) is 0. The molecule has 0 aliphatic carbocycles. The van der Waals surface area contributed by atoms with Gasteiger partial charge >= 0.3 is 6.18 Å². The number of nitrogens with zero attached hydrogens (tertiary/aromatic N) is 2. The van der Waals surface area contributed by atoms with Gasteiger partial charge in [0.1, 0.15) is 12.4 Å². The Morgan fingerprint density at radius 1 is 1.25 bits per heavy atom. The van der Waals surface area contributed by atoms with E-state index < -0.39 is 12.8 Å². The molecule has 1 aromatic heterocycles. The van der Waals surface area contributed by atoms with E-state index >= 15 is 0 Å². The van der Waals surface area contributed by atoms with Crippen LogP contribution in [0.3, 0.4) is 0 Å². The monoisotopic (exact) mass is 235 g/mol. The Morgan fingerprint density at radius 3 is 2.38 bits per heavy atom. The molecule has 0 atom stereocenters. The Labute approximate surface area is 90.6 Å². The minimum atomic E-state index is -4.29. The third-order valence-corrected chi connectivity index (χ3v) is 1.73. The Hall–Kier alpha value is -1.21. The summed E-state index contributed by atoms with van der Waals surface area (Å²) in [6.45, 7) is -0.958. The second-order valence-corrected chi connectivity index (χ2v) is 3.13. The van der Waals surface area contributed by atoms with Crippen LogP contribution < -0.4 is 5.73 Å². The molecule has 0 amide bonds. The van der Waals surface area contributed by atoms with E-state index in [1.807, 2.05) is 0 Å². The topological polar surface area (TPSA) is 61.0 Å². The predicted octanol–water partition coefficient (Wildman–Crippen LogP) is 1.06. The molecule has 1 rings (SSSR count). The summed E-state index contributed by atoms with van der Waals surface area (Å²) in [5.74, 6) is 0.444. The molecule has 1 aromatic rings. The Bertz CT molecular complexity index is 313. The molecule has 0 aliphatic rings. The van der Waals surface area contributed by atoms with E-state index in [2.05, 4.69) is 14.7 Å². The van der Waals surface area contributed by atoms with Crippen molar-refractivity contribution in [2.24, 2.45) is 5.73 Å².